The minimum absolute atomic E-state index is 0.0656. The number of nitrogens with zero attached hydrogens (tertiary/aromatic N) is 5. The Morgan fingerprint density at radius 2 is 2.08 bits per heavy atom. The summed E-state index contributed by atoms with van der Waals surface area (Å²) in [4.78, 5) is 16.2. The van der Waals surface area contributed by atoms with E-state index in [9.17, 15) is 4.79 Å². The molecule has 0 unspecified atom stereocenters. The van der Waals surface area contributed by atoms with Crippen molar-refractivity contribution in [1.82, 2.24) is 24.3 Å². The Balaban J connectivity index is 1.38. The van der Waals surface area contributed by atoms with Gasteiger partial charge in [0, 0.05) is 37.5 Å². The van der Waals surface area contributed by atoms with Crippen molar-refractivity contribution >= 4 is 11.6 Å². The highest BCUT2D eigenvalue weighted by Crippen LogP contribution is 2.18. The smallest absolute Gasteiger partial charge is 0.244 e. The molecule has 0 fully saturated rings. The van der Waals surface area contributed by atoms with Gasteiger partial charge < -0.3 is 14.5 Å². The highest BCUT2D eigenvalue weighted by atomic mass is 16.1. The lowest BCUT2D eigenvalue weighted by molar-refractivity contribution is -0.116. The normalized spacial score (nSPS) is 13.0. The quantitative estimate of drug-likeness (QED) is 0.772. The van der Waals surface area contributed by atoms with E-state index in [4.69, 9.17) is 0 Å². The number of aryl methyl sites for hydroxylation is 2. The van der Waals surface area contributed by atoms with Crippen LogP contribution in [0.25, 0.3) is 0 Å². The molecule has 128 valence electrons. The summed E-state index contributed by atoms with van der Waals surface area (Å²) in [7, 11) is 0. The first kappa shape index (κ1) is 15.6. The monoisotopic (exact) mass is 336 g/mol. The van der Waals surface area contributed by atoms with Crippen LogP contribution in [0.2, 0.25) is 0 Å². The lowest BCUT2D eigenvalue weighted by Gasteiger charge is -2.08. The number of carbonyl (C=O) groups excluding carboxylic acids is 1. The molecule has 1 aromatic carbocycles. The molecule has 7 nitrogen and oxygen atoms in total. The van der Waals surface area contributed by atoms with Crippen molar-refractivity contribution in [2.24, 2.45) is 0 Å². The third kappa shape index (κ3) is 3.31. The molecule has 0 atom stereocenters. The van der Waals surface area contributed by atoms with E-state index in [2.05, 4.69) is 25.1 Å². The number of hydrogen-bond acceptors (Lipinski definition) is 4. The first-order valence-electron chi connectivity index (χ1n) is 8.46. The van der Waals surface area contributed by atoms with Crippen molar-refractivity contribution in [3.63, 3.8) is 0 Å². The second kappa shape index (κ2) is 6.51. The van der Waals surface area contributed by atoms with Gasteiger partial charge in [-0.05, 0) is 31.0 Å². The topological polar surface area (TPSA) is 77.6 Å². The molecule has 2 aromatic heterocycles. The summed E-state index contributed by atoms with van der Waals surface area (Å²) in [5, 5.41) is 11.4. The summed E-state index contributed by atoms with van der Waals surface area (Å²) in [6, 6.07) is 7.90. The minimum Gasteiger partial charge on any atom is -0.326 e. The number of anilines is 1. The average Bonchev–Trinajstić information content (AvgIpc) is 3.29. The number of rotatable bonds is 5. The second-order valence-electron chi connectivity index (χ2n) is 6.31. The van der Waals surface area contributed by atoms with Crippen molar-refractivity contribution in [2.75, 3.05) is 5.32 Å². The molecular formula is C18H20N6O. The van der Waals surface area contributed by atoms with Gasteiger partial charge in [-0.2, -0.15) is 0 Å². The van der Waals surface area contributed by atoms with Crippen LogP contribution in [-0.2, 0) is 30.7 Å². The van der Waals surface area contributed by atoms with Gasteiger partial charge in [-0.25, -0.2) is 4.98 Å². The Bertz CT molecular complexity index is 893. The highest BCUT2D eigenvalue weighted by molar-refractivity contribution is 5.90. The highest BCUT2D eigenvalue weighted by Gasteiger charge is 2.17. The van der Waals surface area contributed by atoms with Crippen LogP contribution in [0.5, 0.6) is 0 Å². The minimum atomic E-state index is -0.0656. The summed E-state index contributed by atoms with van der Waals surface area (Å²) in [6.45, 7) is 3.16. The van der Waals surface area contributed by atoms with Gasteiger partial charge in [0.25, 0.3) is 0 Å². The summed E-state index contributed by atoms with van der Waals surface area (Å²) in [5.41, 5.74) is 1.95. The standard InChI is InChI=1S/C18H20N6O/c1-13-19-8-10-23(13)12-18(25)20-15-6-4-14(5-7-15)11-17-22-21-16-3-2-9-24(16)17/h4-8,10H,2-3,9,11-12H2,1H3,(H,20,25). The summed E-state index contributed by atoms with van der Waals surface area (Å²) < 4.78 is 4.03. The fraction of sp³-hybridized carbons (Fsp3) is 0.333. The predicted molar refractivity (Wildman–Crippen MR) is 93.2 cm³/mol. The number of carbonyl (C=O) groups is 1. The summed E-state index contributed by atoms with van der Waals surface area (Å²) >= 11 is 0. The van der Waals surface area contributed by atoms with Crippen LogP contribution >= 0.6 is 0 Å². The van der Waals surface area contributed by atoms with E-state index >= 15 is 0 Å². The Labute approximate surface area is 145 Å². The molecular weight excluding hydrogens is 316 g/mol. The molecule has 3 aromatic rings. The Kier molecular flexibility index (Phi) is 4.05. The van der Waals surface area contributed by atoms with Gasteiger partial charge in [-0.1, -0.05) is 12.1 Å². The number of nitrogens with one attached hydrogen (secondary N) is 1. The largest absolute Gasteiger partial charge is 0.326 e. The zero-order valence-electron chi connectivity index (χ0n) is 14.1. The number of imidazole rings is 1. The number of benzene rings is 1. The fourth-order valence-electron chi connectivity index (χ4n) is 3.16. The van der Waals surface area contributed by atoms with Crippen LogP contribution in [0.15, 0.2) is 36.7 Å². The van der Waals surface area contributed by atoms with Gasteiger partial charge in [0.15, 0.2) is 0 Å². The van der Waals surface area contributed by atoms with Gasteiger partial charge >= 0.3 is 0 Å². The van der Waals surface area contributed by atoms with Crippen molar-refractivity contribution in [3.05, 3.63) is 59.7 Å². The molecule has 3 heterocycles. The summed E-state index contributed by atoms with van der Waals surface area (Å²) in [5.74, 6) is 2.86. The fourth-order valence-corrected chi connectivity index (χ4v) is 3.16. The molecule has 1 amide bonds. The van der Waals surface area contributed by atoms with Gasteiger partial charge in [0.05, 0.1) is 0 Å². The molecule has 0 saturated carbocycles. The maximum atomic E-state index is 12.1. The van der Waals surface area contributed by atoms with Crippen molar-refractivity contribution in [1.29, 1.82) is 0 Å². The molecule has 0 aliphatic carbocycles. The Morgan fingerprint density at radius 3 is 2.84 bits per heavy atom. The third-order valence-electron chi connectivity index (χ3n) is 4.52. The molecule has 0 bridgehead atoms. The lowest BCUT2D eigenvalue weighted by Crippen LogP contribution is -2.19. The Morgan fingerprint density at radius 1 is 1.24 bits per heavy atom. The first-order chi connectivity index (χ1) is 12.2. The van der Waals surface area contributed by atoms with Gasteiger partial charge in [0.2, 0.25) is 5.91 Å². The van der Waals surface area contributed by atoms with Crippen LogP contribution in [0.1, 0.15) is 29.5 Å². The van der Waals surface area contributed by atoms with E-state index in [1.54, 1.807) is 12.4 Å². The van der Waals surface area contributed by atoms with Gasteiger partial charge in [0.1, 0.15) is 24.0 Å². The van der Waals surface area contributed by atoms with E-state index in [1.807, 2.05) is 35.8 Å². The van der Waals surface area contributed by atoms with E-state index in [1.165, 1.54) is 0 Å². The first-order valence-corrected chi connectivity index (χ1v) is 8.46. The molecule has 7 heteroatoms. The number of aromatic nitrogens is 5. The van der Waals surface area contributed by atoms with E-state index in [0.29, 0.717) is 0 Å². The maximum Gasteiger partial charge on any atom is 0.244 e. The van der Waals surface area contributed by atoms with Crippen molar-refractivity contribution < 1.29 is 4.79 Å². The number of amides is 1. The van der Waals surface area contributed by atoms with E-state index < -0.39 is 0 Å². The van der Waals surface area contributed by atoms with Crippen LogP contribution in [0, 0.1) is 6.92 Å². The third-order valence-corrected chi connectivity index (χ3v) is 4.52. The zero-order valence-corrected chi connectivity index (χ0v) is 14.1. The van der Waals surface area contributed by atoms with Crippen LogP contribution < -0.4 is 5.32 Å². The molecule has 0 radical (unpaired) electrons. The van der Waals surface area contributed by atoms with Crippen LogP contribution in [0.3, 0.4) is 0 Å². The predicted octanol–water partition coefficient (Wildman–Crippen LogP) is 1.96. The van der Waals surface area contributed by atoms with E-state index in [-0.39, 0.29) is 12.5 Å². The SMILES string of the molecule is Cc1nccn1CC(=O)Nc1ccc(Cc2nnc3n2CCC3)cc1. The average molecular weight is 336 g/mol. The molecule has 0 spiro atoms. The molecule has 1 N–H and O–H groups in total. The molecule has 25 heavy (non-hydrogen) atoms. The zero-order chi connectivity index (χ0) is 17.2. The molecule has 0 saturated heterocycles. The second-order valence-corrected chi connectivity index (χ2v) is 6.31. The summed E-state index contributed by atoms with van der Waals surface area (Å²) in [6.07, 6.45) is 6.43. The van der Waals surface area contributed by atoms with Gasteiger partial charge in [-0.15, -0.1) is 10.2 Å². The van der Waals surface area contributed by atoms with Crippen molar-refractivity contribution in [2.45, 2.75) is 39.3 Å². The van der Waals surface area contributed by atoms with Crippen LogP contribution in [-0.4, -0.2) is 30.2 Å². The van der Waals surface area contributed by atoms with Crippen LogP contribution in [0.4, 0.5) is 5.69 Å². The molecule has 1 aliphatic rings. The number of hydrogen-bond donors (Lipinski definition) is 1. The van der Waals surface area contributed by atoms with Gasteiger partial charge in [-0.3, -0.25) is 4.79 Å². The van der Waals surface area contributed by atoms with E-state index in [0.717, 1.165) is 54.5 Å². The Hall–Kier alpha value is -2.96. The molecule has 1 aliphatic heterocycles. The maximum absolute atomic E-state index is 12.1. The van der Waals surface area contributed by atoms with Crippen molar-refractivity contribution in [3.8, 4) is 0 Å². The molecule has 4 rings (SSSR count). The number of fused-ring (bicyclic) bond motifs is 1. The lowest BCUT2D eigenvalue weighted by atomic mass is 10.1.